The lowest BCUT2D eigenvalue weighted by Crippen LogP contribution is -2.64. The molecule has 214 valence electrons. The van der Waals surface area contributed by atoms with Gasteiger partial charge >= 0.3 is 5.97 Å². The molecule has 4 rings (SSSR count). The summed E-state index contributed by atoms with van der Waals surface area (Å²) in [5, 5.41) is 0. The number of ether oxygens (including phenoxy) is 1. The summed E-state index contributed by atoms with van der Waals surface area (Å²) in [5.41, 5.74) is 0.824. The Morgan fingerprint density at radius 1 is 0.973 bits per heavy atom. The molecule has 0 N–H and O–H groups in total. The van der Waals surface area contributed by atoms with Crippen molar-refractivity contribution >= 4 is 37.8 Å². The summed E-state index contributed by atoms with van der Waals surface area (Å²) >= 11 is 8.61. The molecule has 4 aliphatic rings. The fraction of sp³-hybridized carbons (Fsp3) is 0.970. The molecule has 0 bridgehead atoms. The summed E-state index contributed by atoms with van der Waals surface area (Å²) in [6.45, 7) is 11.9. The van der Waals surface area contributed by atoms with Gasteiger partial charge in [0, 0.05) is 22.0 Å². The van der Waals surface area contributed by atoms with E-state index in [1.54, 1.807) is 0 Å². The lowest BCUT2D eigenvalue weighted by Gasteiger charge is -2.65. The molecule has 10 atom stereocenters. The van der Waals surface area contributed by atoms with Crippen LogP contribution in [0.2, 0.25) is 0 Å². The van der Waals surface area contributed by atoms with E-state index in [1.807, 2.05) is 0 Å². The highest BCUT2D eigenvalue weighted by Gasteiger charge is 2.66. The zero-order chi connectivity index (χ0) is 26.8. The molecule has 0 saturated heterocycles. The molecule has 0 aromatic carbocycles. The fourth-order valence-electron chi connectivity index (χ4n) is 9.66. The smallest absolute Gasteiger partial charge is 0.306 e. The van der Waals surface area contributed by atoms with Crippen LogP contribution in [0, 0.1) is 40.4 Å². The van der Waals surface area contributed by atoms with Crippen molar-refractivity contribution in [3.63, 3.8) is 0 Å². The van der Waals surface area contributed by atoms with Crippen LogP contribution in [0.5, 0.6) is 0 Å². The Morgan fingerprint density at radius 2 is 1.70 bits per heavy atom. The molecule has 0 heterocycles. The Hall–Kier alpha value is 0.430. The summed E-state index contributed by atoms with van der Waals surface area (Å²) in [4.78, 5) is 13.1. The molecule has 4 heteroatoms. The predicted molar refractivity (Wildman–Crippen MR) is 163 cm³/mol. The van der Waals surface area contributed by atoms with E-state index >= 15 is 0 Å². The Kier molecular flexibility index (Phi) is 10.3. The third-order valence-electron chi connectivity index (χ3n) is 12.3. The Balaban J connectivity index is 1.40. The van der Waals surface area contributed by atoms with Crippen molar-refractivity contribution in [2.45, 2.75) is 159 Å². The summed E-state index contributed by atoms with van der Waals surface area (Å²) in [7, 11) is 0. The zero-order valence-electron chi connectivity index (χ0n) is 24.6. The summed E-state index contributed by atoms with van der Waals surface area (Å²) in [6.07, 6.45) is 21.8. The normalized spacial score (nSPS) is 44.0. The molecular formula is C33H56Br2O2. The molecule has 4 saturated carbocycles. The van der Waals surface area contributed by atoms with Gasteiger partial charge in [-0.1, -0.05) is 111 Å². The zero-order valence-corrected chi connectivity index (χ0v) is 27.8. The van der Waals surface area contributed by atoms with E-state index < -0.39 is 0 Å². The molecule has 0 aromatic rings. The number of esters is 1. The van der Waals surface area contributed by atoms with Crippen LogP contribution in [0.25, 0.3) is 0 Å². The topological polar surface area (TPSA) is 26.3 Å². The van der Waals surface area contributed by atoms with Gasteiger partial charge in [-0.25, -0.2) is 0 Å². The molecule has 0 aliphatic heterocycles. The second kappa shape index (κ2) is 12.5. The van der Waals surface area contributed by atoms with Gasteiger partial charge in [0.05, 0.1) is 0 Å². The van der Waals surface area contributed by atoms with Gasteiger partial charge in [-0.2, -0.15) is 0 Å². The average Bonchev–Trinajstić information content (AvgIpc) is 3.19. The largest absolute Gasteiger partial charge is 0.462 e. The molecular weight excluding hydrogens is 588 g/mol. The van der Waals surface area contributed by atoms with Crippen LogP contribution < -0.4 is 0 Å². The van der Waals surface area contributed by atoms with Crippen molar-refractivity contribution in [3.05, 3.63) is 0 Å². The van der Waals surface area contributed by atoms with E-state index in [0.717, 1.165) is 42.9 Å². The summed E-state index contributed by atoms with van der Waals surface area (Å²) < 4.78 is 6.10. The van der Waals surface area contributed by atoms with Gasteiger partial charge in [0.15, 0.2) is 0 Å². The van der Waals surface area contributed by atoms with Crippen LogP contribution in [0.15, 0.2) is 0 Å². The maximum Gasteiger partial charge on any atom is 0.306 e. The number of hydrogen-bond donors (Lipinski definition) is 0. The predicted octanol–water partition coefficient (Wildman–Crippen LogP) is 10.6. The van der Waals surface area contributed by atoms with Gasteiger partial charge in [0.2, 0.25) is 0 Å². The molecule has 0 spiro atoms. The second-order valence-corrected chi connectivity index (χ2v) is 16.8. The number of fused-ring (bicyclic) bond motifs is 5. The van der Waals surface area contributed by atoms with Gasteiger partial charge in [-0.05, 0) is 91.8 Å². The maximum absolute atomic E-state index is 12.6. The Labute approximate surface area is 245 Å². The quantitative estimate of drug-likeness (QED) is 0.127. The standard InChI is InChI=1S/C33H56Br2O2/c1-6-8-9-10-11-12-13-24-14-15-27-26-21-29(34)33(35)22-25(37-30(36)20-23(3)7-2)16-19-32(33,5)28(26)17-18-31(24,27)4/h23-29H,6-22H2,1-5H3/t23-,24-,25-,26-,27-,28-,29-,31+,32+,33+/m0/s1. The minimum atomic E-state index is 0.00894. The number of carbonyl (C=O) groups excluding carboxylic acids is 1. The monoisotopic (exact) mass is 642 g/mol. The van der Waals surface area contributed by atoms with Crippen molar-refractivity contribution in [1.29, 1.82) is 0 Å². The average molecular weight is 645 g/mol. The van der Waals surface area contributed by atoms with E-state index in [0.29, 0.717) is 22.6 Å². The van der Waals surface area contributed by atoms with Gasteiger partial charge in [0.25, 0.3) is 0 Å². The number of unbranched alkanes of at least 4 members (excludes halogenated alkanes) is 5. The van der Waals surface area contributed by atoms with Crippen LogP contribution in [-0.4, -0.2) is 21.2 Å². The third kappa shape index (κ3) is 5.92. The minimum Gasteiger partial charge on any atom is -0.462 e. The number of halogens is 2. The van der Waals surface area contributed by atoms with Crippen molar-refractivity contribution in [2.24, 2.45) is 40.4 Å². The molecule has 4 fully saturated rings. The Bertz CT molecular complexity index is 771. The van der Waals surface area contributed by atoms with Gasteiger partial charge in [-0.15, -0.1) is 0 Å². The molecule has 4 aliphatic carbocycles. The van der Waals surface area contributed by atoms with Crippen LogP contribution in [0.4, 0.5) is 0 Å². The molecule has 0 amide bonds. The minimum absolute atomic E-state index is 0.00894. The fourth-order valence-corrected chi connectivity index (χ4v) is 11.8. The van der Waals surface area contributed by atoms with E-state index in [9.17, 15) is 4.79 Å². The summed E-state index contributed by atoms with van der Waals surface area (Å²) in [6, 6.07) is 0. The molecule has 0 unspecified atom stereocenters. The number of rotatable bonds is 11. The Morgan fingerprint density at radius 3 is 2.43 bits per heavy atom. The lowest BCUT2D eigenvalue weighted by molar-refractivity contribution is -0.158. The van der Waals surface area contributed by atoms with E-state index in [2.05, 4.69) is 66.5 Å². The highest BCUT2D eigenvalue weighted by atomic mass is 79.9. The highest BCUT2D eigenvalue weighted by molar-refractivity contribution is 9.12. The first kappa shape index (κ1) is 30.4. The van der Waals surface area contributed by atoms with Crippen LogP contribution in [0.3, 0.4) is 0 Å². The van der Waals surface area contributed by atoms with Crippen molar-refractivity contribution < 1.29 is 9.53 Å². The molecule has 37 heavy (non-hydrogen) atoms. The van der Waals surface area contributed by atoms with Gasteiger partial charge < -0.3 is 4.74 Å². The molecule has 0 aromatic heterocycles. The summed E-state index contributed by atoms with van der Waals surface area (Å²) in [5.74, 6) is 3.90. The molecule has 2 nitrogen and oxygen atoms in total. The van der Waals surface area contributed by atoms with Crippen LogP contribution in [-0.2, 0) is 9.53 Å². The second-order valence-electron chi connectivity index (χ2n) is 14.3. The number of hydrogen-bond acceptors (Lipinski definition) is 2. The van der Waals surface area contributed by atoms with Crippen molar-refractivity contribution in [3.8, 4) is 0 Å². The first-order valence-electron chi connectivity index (χ1n) is 16.1. The maximum atomic E-state index is 12.6. The SMILES string of the molecule is CCCCCCCC[C@H]1CC[C@H]2[C@@H]3C[C@H](Br)[C@]4(Br)C[C@@H](OC(=O)C[C@@H](C)CC)CC[C@]4(C)[C@H]3CC[C@]12C. The van der Waals surface area contributed by atoms with Crippen molar-refractivity contribution in [1.82, 2.24) is 0 Å². The van der Waals surface area contributed by atoms with E-state index in [1.165, 1.54) is 83.5 Å². The first-order valence-corrected chi connectivity index (χ1v) is 17.8. The number of carbonyl (C=O) groups is 1. The highest BCUT2D eigenvalue weighted by Crippen LogP contribution is 2.71. The lowest BCUT2D eigenvalue weighted by atomic mass is 9.44. The van der Waals surface area contributed by atoms with Crippen LogP contribution >= 0.6 is 31.9 Å². The van der Waals surface area contributed by atoms with Crippen LogP contribution in [0.1, 0.15) is 144 Å². The number of alkyl halides is 2. The first-order chi connectivity index (χ1) is 17.6. The van der Waals surface area contributed by atoms with Gasteiger partial charge in [0.1, 0.15) is 6.10 Å². The van der Waals surface area contributed by atoms with E-state index in [-0.39, 0.29) is 21.8 Å². The van der Waals surface area contributed by atoms with E-state index in [4.69, 9.17) is 4.74 Å². The van der Waals surface area contributed by atoms with Crippen molar-refractivity contribution in [2.75, 3.05) is 0 Å². The molecule has 0 radical (unpaired) electrons. The van der Waals surface area contributed by atoms with Gasteiger partial charge in [-0.3, -0.25) is 4.79 Å². The third-order valence-corrected chi connectivity index (χ3v) is 15.9.